The fourth-order valence-corrected chi connectivity index (χ4v) is 12.9. The van der Waals surface area contributed by atoms with E-state index < -0.39 is 32.3 Å². The van der Waals surface area contributed by atoms with Crippen LogP contribution >= 0.6 is 31.9 Å². The monoisotopic (exact) mass is 1130 g/mol. The maximum Gasteiger partial charge on any atom is 1.00 e. The van der Waals surface area contributed by atoms with Crippen molar-refractivity contribution in [1.82, 2.24) is 4.72 Å². The molecule has 4 aliphatic carbocycles. The summed E-state index contributed by atoms with van der Waals surface area (Å²) in [6.07, 6.45) is 12.5. The van der Waals surface area contributed by atoms with Crippen LogP contribution in [0.3, 0.4) is 0 Å². The number of fused-ring (bicyclic) bond motifs is 2. The van der Waals surface area contributed by atoms with E-state index >= 15 is 0 Å². The van der Waals surface area contributed by atoms with Crippen molar-refractivity contribution in [1.29, 1.82) is 0 Å². The fourth-order valence-electron chi connectivity index (χ4n) is 10.4. The van der Waals surface area contributed by atoms with E-state index in [1.807, 2.05) is 62.5 Å². The molecule has 0 bridgehead atoms. The number of hydrogen-bond donors (Lipinski definition) is 1. The Morgan fingerprint density at radius 3 is 1.84 bits per heavy atom. The van der Waals surface area contributed by atoms with Crippen LogP contribution in [0.4, 0.5) is 0 Å². The predicted molar refractivity (Wildman–Crippen MR) is 298 cm³/mol. The van der Waals surface area contributed by atoms with E-state index in [0.717, 1.165) is 91.4 Å². The molecule has 0 unspecified atom stereocenters. The summed E-state index contributed by atoms with van der Waals surface area (Å²) >= 11 is 7.25. The molecule has 7 rings (SSSR count). The summed E-state index contributed by atoms with van der Waals surface area (Å²) in [6.45, 7) is 37.6. The van der Waals surface area contributed by atoms with Gasteiger partial charge in [0.25, 0.3) is 0 Å². The van der Waals surface area contributed by atoms with Crippen molar-refractivity contribution in [3.8, 4) is 0 Å². The first-order valence-electron chi connectivity index (χ1n) is 25.0. The van der Waals surface area contributed by atoms with Gasteiger partial charge in [0.05, 0.1) is 57.9 Å². The van der Waals surface area contributed by atoms with Crippen LogP contribution in [0.25, 0.3) is 0 Å². The molecule has 2 aromatic rings. The number of benzene rings is 2. The number of halogens is 2. The van der Waals surface area contributed by atoms with Crippen molar-refractivity contribution in [2.45, 2.75) is 181 Å². The molecule has 0 amide bonds. The minimum atomic E-state index is -1.29. The van der Waals surface area contributed by atoms with Crippen molar-refractivity contribution >= 4 is 59.5 Å². The zero-order chi connectivity index (χ0) is 52.0. The number of hydrogen-bond acceptors (Lipinski definition) is 7. The van der Waals surface area contributed by atoms with Gasteiger partial charge in [-0.1, -0.05) is 71.0 Å². The fraction of sp³-hybridized carbons (Fsp3) is 0.679. The van der Waals surface area contributed by atoms with E-state index in [0.29, 0.717) is 30.3 Å². The molecule has 2 saturated carbocycles. The van der Waals surface area contributed by atoms with Crippen LogP contribution in [0.1, 0.15) is 164 Å². The molecule has 2 aromatic carbocycles. The van der Waals surface area contributed by atoms with E-state index in [-0.39, 0.29) is 40.5 Å². The summed E-state index contributed by atoms with van der Waals surface area (Å²) in [7, 11) is 1.07. The topological polar surface area (TPSA) is 105 Å². The van der Waals surface area contributed by atoms with Crippen molar-refractivity contribution in [3.63, 3.8) is 0 Å². The Morgan fingerprint density at radius 1 is 0.857 bits per heavy atom. The molecule has 9 atom stereocenters. The molecular formula is C56H89Br2LiN2O7S2. The summed E-state index contributed by atoms with van der Waals surface area (Å²) in [4.78, 5) is 0. The minimum Gasteiger partial charge on any atom is -0.502 e. The molecule has 14 heteroatoms. The van der Waals surface area contributed by atoms with Gasteiger partial charge in [0.2, 0.25) is 0 Å². The smallest absolute Gasteiger partial charge is 0.502 e. The second-order valence-corrected chi connectivity index (χ2v) is 27.5. The van der Waals surface area contributed by atoms with Gasteiger partial charge in [0.1, 0.15) is 22.3 Å². The third-order valence-electron chi connectivity index (χ3n) is 13.6. The molecule has 1 heterocycles. The number of nitrogens with zero attached hydrogens (tertiary/aromatic N) is 1. The van der Waals surface area contributed by atoms with E-state index in [1.54, 1.807) is 7.11 Å². The Morgan fingerprint density at radius 2 is 1.40 bits per heavy atom. The summed E-state index contributed by atoms with van der Waals surface area (Å²) in [5.74, 6) is 2.95. The average Bonchev–Trinajstić information content (AvgIpc) is 4.00. The van der Waals surface area contributed by atoms with Gasteiger partial charge in [-0.15, -0.1) is 0 Å². The van der Waals surface area contributed by atoms with Gasteiger partial charge in [-0.05, 0) is 172 Å². The minimum absolute atomic E-state index is 0. The SMILES string of the molecule is C1CCOC1.C=C(OCC)[C@]1(N[S@@](=O)C(C)(C)C)c2cc(Br)ccc2C[C@@]12CC[C@H](OC)[C@@H](C)C2.C=COCC.CO[C@H]1CC[C@@]2(Cc3ccc(Br)cc3C2=N[S@@](=O)C(C)(C)C)C[C@@H]1C.C[C-](C)C.[Li+]. The molecule has 0 radical (unpaired) electrons. The Hall–Kier alpha value is -1.11. The quantitative estimate of drug-likeness (QED) is 0.144. The Kier molecular flexibility index (Phi) is 27.2. The summed E-state index contributed by atoms with van der Waals surface area (Å²) in [5, 5.41) is 0. The van der Waals surface area contributed by atoms with Crippen LogP contribution < -0.4 is 23.6 Å². The molecule has 1 saturated heterocycles. The number of methoxy groups -OCH3 is 2. The largest absolute Gasteiger partial charge is 1.00 e. The average molecular weight is 1130 g/mol. The third-order valence-corrected chi connectivity index (χ3v) is 17.6. The summed E-state index contributed by atoms with van der Waals surface area (Å²) in [6, 6.07) is 12.9. The maximum atomic E-state index is 13.5. The van der Waals surface area contributed by atoms with Crippen molar-refractivity contribution in [3.05, 3.63) is 98.7 Å². The van der Waals surface area contributed by atoms with E-state index in [1.165, 1.54) is 41.7 Å². The molecule has 1 aliphatic heterocycles. The van der Waals surface area contributed by atoms with Crippen LogP contribution in [0.5, 0.6) is 0 Å². The molecule has 5 aliphatic rings. The van der Waals surface area contributed by atoms with E-state index in [9.17, 15) is 8.42 Å². The molecule has 0 aromatic heterocycles. The number of ether oxygens (including phenoxy) is 5. The molecule has 70 heavy (non-hydrogen) atoms. The zero-order valence-corrected chi connectivity index (χ0v) is 50.8. The number of rotatable bonds is 10. The zero-order valence-electron chi connectivity index (χ0n) is 46.0. The van der Waals surface area contributed by atoms with Gasteiger partial charge >= 0.3 is 18.9 Å². The third kappa shape index (κ3) is 16.9. The van der Waals surface area contributed by atoms with Gasteiger partial charge < -0.3 is 29.6 Å². The molecule has 3 fully saturated rings. The van der Waals surface area contributed by atoms with Crippen LogP contribution in [-0.4, -0.2) is 76.5 Å². The van der Waals surface area contributed by atoms with Gasteiger partial charge in [0, 0.05) is 52.8 Å². The number of nitrogens with one attached hydrogen (secondary N) is 1. The van der Waals surface area contributed by atoms with Crippen LogP contribution in [0.15, 0.2) is 74.9 Å². The molecule has 2 spiro atoms. The summed E-state index contributed by atoms with van der Waals surface area (Å²) < 4.78 is 63.2. The predicted octanol–water partition coefficient (Wildman–Crippen LogP) is 11.3. The van der Waals surface area contributed by atoms with Crippen molar-refractivity contribution in [2.75, 3.05) is 40.6 Å². The first-order chi connectivity index (χ1) is 32.3. The van der Waals surface area contributed by atoms with Crippen LogP contribution in [-0.2, 0) is 64.0 Å². The van der Waals surface area contributed by atoms with Crippen molar-refractivity contribution in [2.24, 2.45) is 27.1 Å². The van der Waals surface area contributed by atoms with Gasteiger partial charge in [-0.25, -0.2) is 13.1 Å². The molecule has 9 nitrogen and oxygen atoms in total. The van der Waals surface area contributed by atoms with E-state index in [4.69, 9.17) is 23.3 Å². The Labute approximate surface area is 459 Å². The van der Waals surface area contributed by atoms with Gasteiger partial charge in [-0.2, -0.15) is 25.2 Å². The van der Waals surface area contributed by atoms with Crippen molar-refractivity contribution < 1.29 is 51.0 Å². The van der Waals surface area contributed by atoms with Gasteiger partial charge in [0.15, 0.2) is 0 Å². The molecule has 1 N–H and O–H groups in total. The van der Waals surface area contributed by atoms with Gasteiger partial charge in [-0.3, -0.25) is 0 Å². The van der Waals surface area contributed by atoms with E-state index in [2.05, 4.69) is 125 Å². The standard InChI is InChI=1S/C24H36BrNO3S.C20H28BrNO2S.2C4H8O.C4H9.Li/c1-8-29-17(3)24(26-30(27)22(4,5)6)20-13-19(25)10-9-18(20)15-23(24)12-11-21(28-7)16(2)14-23;1-13-11-20(9-8-17(13)24-5)12-14-6-7-15(21)10-16(14)18(20)22-25(23)19(2,3)4;1-2-4-5-3-1;1-3-5-4-2;1-4(2)3;/h9-10,13,16,21,26H,3,8,11-12,14-15H2,1-2,4-7H3;6-7,10,13,17H,8-9,11-12H2,1-5H3;1-4H2;3H,1,4H2,2H3;1-3H3;/q;;;;-1;+1/t16-,21-,23-,24-,30-;13-,17-,20-,25-;;;;/m00..../s1. The normalized spacial score (nSPS) is 27.9. The first-order valence-corrected chi connectivity index (χ1v) is 28.9. The Balaban J connectivity index is 0.000000375. The summed E-state index contributed by atoms with van der Waals surface area (Å²) in [5.41, 5.74) is 5.09. The molecule has 392 valence electrons. The Bertz CT molecular complexity index is 2040. The van der Waals surface area contributed by atoms with Crippen LogP contribution in [0.2, 0.25) is 0 Å². The second-order valence-electron chi connectivity index (χ2n) is 21.8. The van der Waals surface area contributed by atoms with Crippen LogP contribution in [0, 0.1) is 28.6 Å². The second kappa shape index (κ2) is 29.3. The maximum absolute atomic E-state index is 13.5. The first kappa shape index (κ1) is 65.0. The molecular weight excluding hydrogens is 1040 g/mol.